The summed E-state index contributed by atoms with van der Waals surface area (Å²) in [5.74, 6) is 0. The van der Waals surface area contributed by atoms with Crippen molar-refractivity contribution < 1.29 is 4.74 Å². The minimum absolute atomic E-state index is 0.491. The second-order valence-corrected chi connectivity index (χ2v) is 4.64. The zero-order valence-corrected chi connectivity index (χ0v) is 11.5. The van der Waals surface area contributed by atoms with Crippen LogP contribution in [0.15, 0.2) is 18.2 Å². The van der Waals surface area contributed by atoms with Crippen molar-refractivity contribution in [3.05, 3.63) is 29.6 Å². The first-order valence-electron chi connectivity index (χ1n) is 7.09. The van der Waals surface area contributed by atoms with Crippen LogP contribution in [0.1, 0.15) is 56.8 Å². The van der Waals surface area contributed by atoms with Gasteiger partial charge in [0.05, 0.1) is 18.0 Å². The Kier molecular flexibility index (Phi) is 8.43. The van der Waals surface area contributed by atoms with Crippen molar-refractivity contribution in [1.82, 2.24) is 4.98 Å². The Bertz CT molecular complexity index is 315. The molecule has 0 amide bonds. The Morgan fingerprint density at radius 2 is 1.78 bits per heavy atom. The zero-order chi connectivity index (χ0) is 13.1. The molecule has 0 aliphatic carbocycles. The Morgan fingerprint density at radius 1 is 1.06 bits per heavy atom. The number of nitrogens with two attached hydrogens (primary N) is 1. The summed E-state index contributed by atoms with van der Waals surface area (Å²) < 4.78 is 5.62. The molecule has 1 aromatic heterocycles. The minimum Gasteiger partial charge on any atom is -0.375 e. The van der Waals surface area contributed by atoms with E-state index in [-0.39, 0.29) is 0 Å². The van der Waals surface area contributed by atoms with Gasteiger partial charge in [0, 0.05) is 13.2 Å². The van der Waals surface area contributed by atoms with Crippen LogP contribution in [0.25, 0.3) is 0 Å². The third-order valence-electron chi connectivity index (χ3n) is 2.97. The van der Waals surface area contributed by atoms with Gasteiger partial charge in [0.25, 0.3) is 0 Å². The molecule has 0 unspecified atom stereocenters. The van der Waals surface area contributed by atoms with Gasteiger partial charge in [-0.2, -0.15) is 0 Å². The molecule has 102 valence electrons. The van der Waals surface area contributed by atoms with E-state index >= 15 is 0 Å². The number of pyridine rings is 1. The van der Waals surface area contributed by atoms with E-state index in [1.807, 2.05) is 18.2 Å². The molecule has 3 nitrogen and oxygen atoms in total. The van der Waals surface area contributed by atoms with Crippen molar-refractivity contribution >= 4 is 0 Å². The molecule has 1 heterocycles. The van der Waals surface area contributed by atoms with E-state index in [1.54, 1.807) is 0 Å². The summed E-state index contributed by atoms with van der Waals surface area (Å²) in [7, 11) is 0. The van der Waals surface area contributed by atoms with E-state index in [4.69, 9.17) is 10.5 Å². The van der Waals surface area contributed by atoms with Crippen molar-refractivity contribution in [2.24, 2.45) is 5.73 Å². The van der Waals surface area contributed by atoms with Crippen LogP contribution in [0.3, 0.4) is 0 Å². The molecule has 0 saturated heterocycles. The van der Waals surface area contributed by atoms with Gasteiger partial charge in [-0.1, -0.05) is 45.1 Å². The van der Waals surface area contributed by atoms with E-state index in [9.17, 15) is 0 Å². The summed E-state index contributed by atoms with van der Waals surface area (Å²) in [5.41, 5.74) is 7.45. The normalized spacial score (nSPS) is 10.8. The maximum absolute atomic E-state index is 5.62. The van der Waals surface area contributed by atoms with Gasteiger partial charge in [-0.05, 0) is 18.6 Å². The zero-order valence-electron chi connectivity index (χ0n) is 11.5. The molecule has 1 rings (SSSR count). The summed E-state index contributed by atoms with van der Waals surface area (Å²) in [5, 5.41) is 0. The highest BCUT2D eigenvalue weighted by atomic mass is 16.5. The number of rotatable bonds is 10. The van der Waals surface area contributed by atoms with Gasteiger partial charge in [0.2, 0.25) is 0 Å². The Labute approximate surface area is 111 Å². The smallest absolute Gasteiger partial charge is 0.0887 e. The molecule has 3 heteroatoms. The van der Waals surface area contributed by atoms with E-state index in [0.29, 0.717) is 13.2 Å². The van der Waals surface area contributed by atoms with E-state index in [0.717, 1.165) is 24.4 Å². The third kappa shape index (κ3) is 6.72. The third-order valence-corrected chi connectivity index (χ3v) is 2.97. The molecule has 0 saturated carbocycles. The van der Waals surface area contributed by atoms with Gasteiger partial charge in [0.1, 0.15) is 0 Å². The fourth-order valence-electron chi connectivity index (χ4n) is 1.88. The Morgan fingerprint density at radius 3 is 2.56 bits per heavy atom. The lowest BCUT2D eigenvalue weighted by Crippen LogP contribution is -2.03. The van der Waals surface area contributed by atoms with Crippen LogP contribution in [0.4, 0.5) is 0 Å². The molecule has 0 fully saturated rings. The van der Waals surface area contributed by atoms with Gasteiger partial charge in [-0.3, -0.25) is 4.98 Å². The topological polar surface area (TPSA) is 48.1 Å². The van der Waals surface area contributed by atoms with Crippen molar-refractivity contribution in [3.63, 3.8) is 0 Å². The highest BCUT2D eigenvalue weighted by Gasteiger charge is 1.97. The van der Waals surface area contributed by atoms with Crippen molar-refractivity contribution in [1.29, 1.82) is 0 Å². The number of aromatic nitrogens is 1. The van der Waals surface area contributed by atoms with E-state index < -0.39 is 0 Å². The molecule has 0 bridgehead atoms. The van der Waals surface area contributed by atoms with Crippen molar-refractivity contribution in [2.45, 2.75) is 58.6 Å². The second kappa shape index (κ2) is 10.0. The first-order valence-corrected chi connectivity index (χ1v) is 7.09. The van der Waals surface area contributed by atoms with Crippen LogP contribution in [-0.2, 0) is 17.9 Å². The predicted octanol–water partition coefficient (Wildman–Crippen LogP) is 3.42. The first-order chi connectivity index (χ1) is 8.86. The summed E-state index contributed by atoms with van der Waals surface area (Å²) in [6, 6.07) is 5.91. The molecular formula is C15H26N2O. The first kappa shape index (κ1) is 15.1. The van der Waals surface area contributed by atoms with Gasteiger partial charge >= 0.3 is 0 Å². The monoisotopic (exact) mass is 250 g/mol. The lowest BCUT2D eigenvalue weighted by molar-refractivity contribution is 0.114. The predicted molar refractivity (Wildman–Crippen MR) is 75.2 cm³/mol. The number of unbranched alkanes of at least 4 members (excludes halogenated alkanes) is 5. The molecule has 0 radical (unpaired) electrons. The van der Waals surface area contributed by atoms with Crippen LogP contribution in [-0.4, -0.2) is 11.6 Å². The molecule has 0 atom stereocenters. The molecule has 1 aromatic rings. The van der Waals surface area contributed by atoms with Crippen LogP contribution >= 0.6 is 0 Å². The standard InChI is InChI=1S/C15H26N2O/c1-2-3-4-5-6-7-11-18-13-15-10-8-9-14(12-16)17-15/h8-10H,2-7,11-13,16H2,1H3. The Hall–Kier alpha value is -0.930. The molecular weight excluding hydrogens is 224 g/mol. The van der Waals surface area contributed by atoms with Gasteiger partial charge in [-0.15, -0.1) is 0 Å². The fourth-order valence-corrected chi connectivity index (χ4v) is 1.88. The maximum Gasteiger partial charge on any atom is 0.0887 e. The largest absolute Gasteiger partial charge is 0.375 e. The van der Waals surface area contributed by atoms with Crippen LogP contribution < -0.4 is 5.73 Å². The van der Waals surface area contributed by atoms with Crippen LogP contribution in [0.5, 0.6) is 0 Å². The lowest BCUT2D eigenvalue weighted by Gasteiger charge is -2.05. The van der Waals surface area contributed by atoms with Crippen molar-refractivity contribution in [2.75, 3.05) is 6.61 Å². The molecule has 0 aliphatic heterocycles. The van der Waals surface area contributed by atoms with E-state index in [2.05, 4.69) is 11.9 Å². The molecule has 0 aliphatic rings. The van der Waals surface area contributed by atoms with Crippen LogP contribution in [0, 0.1) is 0 Å². The molecule has 0 spiro atoms. The van der Waals surface area contributed by atoms with Gasteiger partial charge in [-0.25, -0.2) is 0 Å². The maximum atomic E-state index is 5.62. The van der Waals surface area contributed by atoms with Crippen LogP contribution in [0.2, 0.25) is 0 Å². The average molecular weight is 250 g/mol. The molecule has 2 N–H and O–H groups in total. The average Bonchev–Trinajstić information content (AvgIpc) is 2.42. The van der Waals surface area contributed by atoms with Gasteiger partial charge < -0.3 is 10.5 Å². The highest BCUT2D eigenvalue weighted by molar-refractivity contribution is 5.10. The Balaban J connectivity index is 2.03. The number of ether oxygens (including phenoxy) is 1. The van der Waals surface area contributed by atoms with E-state index in [1.165, 1.54) is 32.1 Å². The van der Waals surface area contributed by atoms with Gasteiger partial charge in [0.15, 0.2) is 0 Å². The molecule has 0 aromatic carbocycles. The highest BCUT2D eigenvalue weighted by Crippen LogP contribution is 2.06. The second-order valence-electron chi connectivity index (χ2n) is 4.64. The SMILES string of the molecule is CCCCCCCCOCc1cccc(CN)n1. The lowest BCUT2D eigenvalue weighted by atomic mass is 10.1. The summed E-state index contributed by atoms with van der Waals surface area (Å²) >= 11 is 0. The van der Waals surface area contributed by atoms with Crippen molar-refractivity contribution in [3.8, 4) is 0 Å². The summed E-state index contributed by atoms with van der Waals surface area (Å²) in [6.07, 6.45) is 7.78. The molecule has 18 heavy (non-hydrogen) atoms. The number of hydrogen-bond acceptors (Lipinski definition) is 3. The summed E-state index contributed by atoms with van der Waals surface area (Å²) in [4.78, 5) is 4.40. The summed E-state index contributed by atoms with van der Waals surface area (Å²) in [6.45, 7) is 4.17. The quantitative estimate of drug-likeness (QED) is 0.647. The number of nitrogens with zero attached hydrogens (tertiary/aromatic N) is 1. The fraction of sp³-hybridized carbons (Fsp3) is 0.667. The minimum atomic E-state index is 0.491. The number of hydrogen-bond donors (Lipinski definition) is 1.